The van der Waals surface area contributed by atoms with E-state index in [1.807, 2.05) is 49.7 Å². The first kappa shape index (κ1) is 23.9. The summed E-state index contributed by atoms with van der Waals surface area (Å²) in [6.45, 7) is 5.76. The second kappa shape index (κ2) is 10.7. The third-order valence-electron chi connectivity index (χ3n) is 4.95. The lowest BCUT2D eigenvalue weighted by Gasteiger charge is -2.16. The highest BCUT2D eigenvalue weighted by Crippen LogP contribution is 2.23. The molecule has 0 unspecified atom stereocenters. The van der Waals surface area contributed by atoms with Gasteiger partial charge < -0.3 is 9.88 Å². The monoisotopic (exact) mass is 467 g/mol. The standard InChI is InChI=1S/C22H25N7O3S/c1-14-7-5-6-8-19(14)23-16(3)21-26-27-22(28(21)4)33-13-20(30)25-24-15(2)17-9-11-18(12-10-17)29(31)32/h5-12,16,23H,13H2,1-4H3,(H,25,30)/t16-/m0/s1. The lowest BCUT2D eigenvalue weighted by Crippen LogP contribution is -2.21. The van der Waals surface area contributed by atoms with E-state index < -0.39 is 4.92 Å². The molecule has 0 saturated heterocycles. The van der Waals surface area contributed by atoms with E-state index in [1.54, 1.807) is 19.1 Å². The van der Waals surface area contributed by atoms with E-state index in [-0.39, 0.29) is 23.4 Å². The number of hydrazone groups is 1. The van der Waals surface area contributed by atoms with Gasteiger partial charge in [-0.3, -0.25) is 14.9 Å². The molecule has 3 rings (SSSR count). The summed E-state index contributed by atoms with van der Waals surface area (Å²) in [6, 6.07) is 13.9. The zero-order valence-corrected chi connectivity index (χ0v) is 19.6. The number of hydrogen-bond acceptors (Lipinski definition) is 8. The molecule has 3 aromatic rings. The summed E-state index contributed by atoms with van der Waals surface area (Å²) in [7, 11) is 1.86. The van der Waals surface area contributed by atoms with Crippen LogP contribution in [0.5, 0.6) is 0 Å². The Morgan fingerprint density at radius 2 is 1.91 bits per heavy atom. The van der Waals surface area contributed by atoms with Gasteiger partial charge >= 0.3 is 0 Å². The van der Waals surface area contributed by atoms with E-state index in [0.717, 1.165) is 17.1 Å². The van der Waals surface area contributed by atoms with E-state index in [1.165, 1.54) is 23.9 Å². The number of carbonyl (C=O) groups is 1. The SMILES string of the molecule is CC(=NNC(=O)CSc1nnc([C@H](C)Nc2ccccc2C)n1C)c1ccc([N+](=O)[O-])cc1. The minimum absolute atomic E-state index is 0.00143. The highest BCUT2D eigenvalue weighted by Gasteiger charge is 2.17. The van der Waals surface area contributed by atoms with Crippen molar-refractivity contribution in [2.45, 2.75) is 32.0 Å². The van der Waals surface area contributed by atoms with Gasteiger partial charge in [0.1, 0.15) is 0 Å². The van der Waals surface area contributed by atoms with Gasteiger partial charge in [-0.2, -0.15) is 5.10 Å². The highest BCUT2D eigenvalue weighted by atomic mass is 32.2. The van der Waals surface area contributed by atoms with Crippen LogP contribution in [0.2, 0.25) is 0 Å². The van der Waals surface area contributed by atoms with Gasteiger partial charge in [0, 0.05) is 24.9 Å². The van der Waals surface area contributed by atoms with Crippen molar-refractivity contribution in [2.75, 3.05) is 11.1 Å². The third-order valence-corrected chi connectivity index (χ3v) is 5.97. The fourth-order valence-corrected chi connectivity index (χ4v) is 3.77. The summed E-state index contributed by atoms with van der Waals surface area (Å²) in [6.07, 6.45) is 0. The fraction of sp³-hybridized carbons (Fsp3) is 0.273. The fourth-order valence-electron chi connectivity index (χ4n) is 3.06. The number of nitro groups is 1. The topological polar surface area (TPSA) is 127 Å². The van der Waals surface area contributed by atoms with Crippen molar-refractivity contribution in [1.29, 1.82) is 0 Å². The van der Waals surface area contributed by atoms with E-state index in [9.17, 15) is 14.9 Å². The van der Waals surface area contributed by atoms with Crippen LogP contribution in [0.4, 0.5) is 11.4 Å². The zero-order valence-electron chi connectivity index (χ0n) is 18.8. The van der Waals surface area contributed by atoms with Crippen molar-refractivity contribution in [3.05, 3.63) is 75.6 Å². The van der Waals surface area contributed by atoms with Gasteiger partial charge in [-0.1, -0.05) is 30.0 Å². The number of anilines is 1. The number of nitrogens with one attached hydrogen (secondary N) is 2. The van der Waals surface area contributed by atoms with Crippen molar-refractivity contribution in [3.8, 4) is 0 Å². The van der Waals surface area contributed by atoms with Crippen LogP contribution >= 0.6 is 11.8 Å². The average molecular weight is 468 g/mol. The van der Waals surface area contributed by atoms with E-state index in [4.69, 9.17) is 0 Å². The summed E-state index contributed by atoms with van der Waals surface area (Å²) >= 11 is 1.26. The second-order valence-corrected chi connectivity index (χ2v) is 8.35. The number of non-ortho nitro benzene ring substituents is 1. The van der Waals surface area contributed by atoms with Crippen LogP contribution < -0.4 is 10.7 Å². The van der Waals surface area contributed by atoms with E-state index >= 15 is 0 Å². The van der Waals surface area contributed by atoms with Crippen molar-refractivity contribution < 1.29 is 9.72 Å². The molecule has 0 saturated carbocycles. The van der Waals surface area contributed by atoms with E-state index in [0.29, 0.717) is 16.4 Å². The lowest BCUT2D eigenvalue weighted by molar-refractivity contribution is -0.384. The van der Waals surface area contributed by atoms with Crippen LogP contribution in [0.25, 0.3) is 0 Å². The molecule has 0 radical (unpaired) electrons. The summed E-state index contributed by atoms with van der Waals surface area (Å²) in [5, 5.41) is 27.4. The maximum absolute atomic E-state index is 12.2. The normalized spacial score (nSPS) is 12.3. The highest BCUT2D eigenvalue weighted by molar-refractivity contribution is 7.99. The van der Waals surface area contributed by atoms with Crippen molar-refractivity contribution in [2.24, 2.45) is 12.1 Å². The van der Waals surface area contributed by atoms with Gasteiger partial charge in [-0.15, -0.1) is 10.2 Å². The van der Waals surface area contributed by atoms with Crippen LogP contribution in [-0.4, -0.2) is 37.1 Å². The molecule has 0 aliphatic rings. The molecule has 0 spiro atoms. The van der Waals surface area contributed by atoms with Crippen LogP contribution in [0, 0.1) is 17.0 Å². The molecule has 33 heavy (non-hydrogen) atoms. The Morgan fingerprint density at radius 3 is 2.58 bits per heavy atom. The summed E-state index contributed by atoms with van der Waals surface area (Å²) in [4.78, 5) is 22.5. The van der Waals surface area contributed by atoms with Crippen LogP contribution in [-0.2, 0) is 11.8 Å². The van der Waals surface area contributed by atoms with Gasteiger partial charge in [0.2, 0.25) is 0 Å². The van der Waals surface area contributed by atoms with Gasteiger partial charge in [0.15, 0.2) is 11.0 Å². The van der Waals surface area contributed by atoms with Crippen molar-refractivity contribution >= 4 is 34.8 Å². The molecule has 2 N–H and O–H groups in total. The molecule has 1 atom stereocenters. The maximum Gasteiger partial charge on any atom is 0.269 e. The summed E-state index contributed by atoms with van der Waals surface area (Å²) in [5.41, 5.74) is 5.90. The predicted octanol–water partition coefficient (Wildman–Crippen LogP) is 3.84. The van der Waals surface area contributed by atoms with Crippen LogP contribution in [0.1, 0.15) is 36.8 Å². The number of nitro benzene ring substituents is 1. The number of nitrogens with zero attached hydrogens (tertiary/aromatic N) is 5. The molecule has 2 aromatic carbocycles. The number of para-hydroxylation sites is 1. The Kier molecular flexibility index (Phi) is 7.78. The summed E-state index contributed by atoms with van der Waals surface area (Å²) in [5.74, 6) is 0.577. The number of aromatic nitrogens is 3. The van der Waals surface area contributed by atoms with Gasteiger partial charge in [-0.05, 0) is 50.1 Å². The van der Waals surface area contributed by atoms with Crippen LogP contribution in [0.3, 0.4) is 0 Å². The molecule has 1 aromatic heterocycles. The summed E-state index contributed by atoms with van der Waals surface area (Å²) < 4.78 is 1.86. The predicted molar refractivity (Wildman–Crippen MR) is 128 cm³/mol. The first-order valence-corrected chi connectivity index (χ1v) is 11.2. The Morgan fingerprint density at radius 1 is 1.21 bits per heavy atom. The smallest absolute Gasteiger partial charge is 0.269 e. The molecule has 0 bridgehead atoms. The molecule has 11 heteroatoms. The lowest BCUT2D eigenvalue weighted by atomic mass is 10.1. The minimum atomic E-state index is -0.466. The van der Waals surface area contributed by atoms with Crippen molar-refractivity contribution in [1.82, 2.24) is 20.2 Å². The quantitative estimate of drug-likeness (QED) is 0.212. The molecule has 10 nitrogen and oxygen atoms in total. The van der Waals surface area contributed by atoms with Gasteiger partial charge in [0.05, 0.1) is 22.4 Å². The first-order chi connectivity index (χ1) is 15.8. The third kappa shape index (κ3) is 6.16. The average Bonchev–Trinajstić information content (AvgIpc) is 3.18. The number of amides is 1. The Balaban J connectivity index is 1.55. The van der Waals surface area contributed by atoms with Gasteiger partial charge in [0.25, 0.3) is 11.6 Å². The molecular weight excluding hydrogens is 442 g/mol. The minimum Gasteiger partial charge on any atom is -0.375 e. The van der Waals surface area contributed by atoms with Crippen LogP contribution in [0.15, 0.2) is 58.8 Å². The number of hydrogen-bond donors (Lipinski definition) is 2. The Bertz CT molecular complexity index is 1170. The number of carbonyl (C=O) groups excluding carboxylic acids is 1. The molecule has 1 heterocycles. The molecule has 0 aliphatic carbocycles. The van der Waals surface area contributed by atoms with Crippen molar-refractivity contribution in [3.63, 3.8) is 0 Å². The van der Waals surface area contributed by atoms with E-state index in [2.05, 4.69) is 26.0 Å². The number of thioether (sulfide) groups is 1. The molecule has 172 valence electrons. The Hall–Kier alpha value is -3.73. The number of rotatable bonds is 9. The molecule has 1 amide bonds. The molecule has 0 fully saturated rings. The van der Waals surface area contributed by atoms with Gasteiger partial charge in [-0.25, -0.2) is 5.43 Å². The Labute approximate surface area is 195 Å². The largest absolute Gasteiger partial charge is 0.375 e. The zero-order chi connectivity index (χ0) is 24.0. The maximum atomic E-state index is 12.2. The second-order valence-electron chi connectivity index (χ2n) is 7.41. The molecular formula is C22H25N7O3S. The number of aryl methyl sites for hydroxylation is 1. The number of benzene rings is 2. The first-order valence-electron chi connectivity index (χ1n) is 10.2. The molecule has 0 aliphatic heterocycles.